The molecular weight excluding hydrogens is 152 g/mol. The third-order valence-electron chi connectivity index (χ3n) is 3.25. The summed E-state index contributed by atoms with van der Waals surface area (Å²) in [5.74, 6) is 1.12. The molecule has 1 aliphatic rings. The Morgan fingerprint density at radius 1 is 1.08 bits per heavy atom. The van der Waals surface area contributed by atoms with Crippen LogP contribution < -0.4 is 0 Å². The van der Waals surface area contributed by atoms with Gasteiger partial charge in [-0.1, -0.05) is 20.8 Å². The molecule has 1 rings (SSSR count). The highest BCUT2D eigenvalue weighted by Crippen LogP contribution is 2.33. The molecule has 2 N–H and O–H groups in total. The number of rotatable bonds is 1. The van der Waals surface area contributed by atoms with Gasteiger partial charge in [0, 0.05) is 5.92 Å². The first-order valence-corrected chi connectivity index (χ1v) is 4.88. The van der Waals surface area contributed by atoms with Crippen molar-refractivity contribution in [3.63, 3.8) is 0 Å². The van der Waals surface area contributed by atoms with Crippen LogP contribution in [0.2, 0.25) is 0 Å². The van der Waals surface area contributed by atoms with Crippen molar-refractivity contribution >= 4 is 0 Å². The molecule has 0 bridgehead atoms. The van der Waals surface area contributed by atoms with Gasteiger partial charge in [0.05, 0.1) is 12.2 Å². The van der Waals surface area contributed by atoms with E-state index in [-0.39, 0.29) is 18.1 Å². The molecule has 1 aliphatic carbocycles. The van der Waals surface area contributed by atoms with Crippen LogP contribution in [0, 0.1) is 17.8 Å². The van der Waals surface area contributed by atoms with Gasteiger partial charge in [-0.05, 0) is 24.7 Å². The monoisotopic (exact) mass is 172 g/mol. The highest BCUT2D eigenvalue weighted by Gasteiger charge is 2.33. The number of hydrogen-bond acceptors (Lipinski definition) is 2. The van der Waals surface area contributed by atoms with E-state index in [1.54, 1.807) is 0 Å². The first-order chi connectivity index (χ1) is 5.52. The molecule has 1 fully saturated rings. The standard InChI is InChI=1S/C10H20O2/c1-6(2)8-4-9(11)7(3)10(12)5-8/h6-12H,4-5H2,1-3H3. The Hall–Kier alpha value is -0.0800. The SMILES string of the molecule is CC(C)C1CC(O)C(C)C(O)C1. The molecule has 2 atom stereocenters. The molecule has 0 heterocycles. The third-order valence-corrected chi connectivity index (χ3v) is 3.25. The summed E-state index contributed by atoms with van der Waals surface area (Å²) in [5, 5.41) is 19.2. The Balaban J connectivity index is 2.53. The van der Waals surface area contributed by atoms with Crippen LogP contribution in [0.1, 0.15) is 33.6 Å². The Kier molecular flexibility index (Phi) is 3.13. The smallest absolute Gasteiger partial charge is 0.0593 e. The highest BCUT2D eigenvalue weighted by molar-refractivity contribution is 4.84. The molecule has 1 saturated carbocycles. The van der Waals surface area contributed by atoms with Crippen molar-refractivity contribution in [2.45, 2.75) is 45.8 Å². The zero-order valence-corrected chi connectivity index (χ0v) is 8.20. The fourth-order valence-electron chi connectivity index (χ4n) is 1.95. The third kappa shape index (κ3) is 1.99. The normalized spacial score (nSPS) is 43.5. The van der Waals surface area contributed by atoms with Crippen molar-refractivity contribution in [2.24, 2.45) is 17.8 Å². The predicted octanol–water partition coefficient (Wildman–Crippen LogP) is 1.41. The molecule has 0 aromatic carbocycles. The molecule has 2 unspecified atom stereocenters. The summed E-state index contributed by atoms with van der Waals surface area (Å²) >= 11 is 0. The van der Waals surface area contributed by atoms with E-state index >= 15 is 0 Å². The van der Waals surface area contributed by atoms with Crippen molar-refractivity contribution in [3.05, 3.63) is 0 Å². The van der Waals surface area contributed by atoms with E-state index in [0.29, 0.717) is 11.8 Å². The van der Waals surface area contributed by atoms with Gasteiger partial charge in [0.25, 0.3) is 0 Å². The molecule has 12 heavy (non-hydrogen) atoms. The van der Waals surface area contributed by atoms with E-state index in [4.69, 9.17) is 0 Å². The van der Waals surface area contributed by atoms with E-state index in [1.165, 1.54) is 0 Å². The molecule has 0 aliphatic heterocycles. The second-order valence-electron chi connectivity index (χ2n) is 4.47. The average molecular weight is 172 g/mol. The summed E-state index contributed by atoms with van der Waals surface area (Å²) in [6, 6.07) is 0. The van der Waals surface area contributed by atoms with E-state index < -0.39 is 0 Å². The van der Waals surface area contributed by atoms with Crippen molar-refractivity contribution < 1.29 is 10.2 Å². The van der Waals surface area contributed by atoms with Crippen LogP contribution in [-0.2, 0) is 0 Å². The van der Waals surface area contributed by atoms with Gasteiger partial charge in [-0.2, -0.15) is 0 Å². The van der Waals surface area contributed by atoms with Gasteiger partial charge in [-0.25, -0.2) is 0 Å². The molecule has 0 amide bonds. The molecule has 0 radical (unpaired) electrons. The van der Waals surface area contributed by atoms with E-state index in [1.807, 2.05) is 6.92 Å². The van der Waals surface area contributed by atoms with E-state index in [0.717, 1.165) is 12.8 Å². The molecule has 0 spiro atoms. The summed E-state index contributed by atoms with van der Waals surface area (Å²) in [6.07, 6.45) is 1.11. The van der Waals surface area contributed by atoms with Gasteiger partial charge >= 0.3 is 0 Å². The van der Waals surface area contributed by atoms with Gasteiger partial charge in [-0.3, -0.25) is 0 Å². The first-order valence-electron chi connectivity index (χ1n) is 4.88. The minimum absolute atomic E-state index is 0.0556. The minimum atomic E-state index is -0.304. The molecule has 2 nitrogen and oxygen atoms in total. The molecular formula is C10H20O2. The number of hydrogen-bond donors (Lipinski definition) is 2. The quantitative estimate of drug-likeness (QED) is 0.628. The van der Waals surface area contributed by atoms with Crippen LogP contribution in [0.5, 0.6) is 0 Å². The Morgan fingerprint density at radius 2 is 1.50 bits per heavy atom. The van der Waals surface area contributed by atoms with Gasteiger partial charge in [0.2, 0.25) is 0 Å². The summed E-state index contributed by atoms with van der Waals surface area (Å²) in [7, 11) is 0. The molecule has 0 aromatic rings. The van der Waals surface area contributed by atoms with Crippen molar-refractivity contribution in [1.82, 2.24) is 0 Å². The maximum absolute atomic E-state index is 9.61. The zero-order chi connectivity index (χ0) is 9.30. The van der Waals surface area contributed by atoms with Crippen molar-refractivity contribution in [2.75, 3.05) is 0 Å². The van der Waals surface area contributed by atoms with E-state index in [2.05, 4.69) is 13.8 Å². The van der Waals surface area contributed by atoms with Crippen LogP contribution in [0.15, 0.2) is 0 Å². The van der Waals surface area contributed by atoms with Gasteiger partial charge in [-0.15, -0.1) is 0 Å². The van der Waals surface area contributed by atoms with Gasteiger partial charge in [0.15, 0.2) is 0 Å². The highest BCUT2D eigenvalue weighted by atomic mass is 16.3. The summed E-state index contributed by atoms with van der Waals surface area (Å²) in [4.78, 5) is 0. The minimum Gasteiger partial charge on any atom is -0.393 e. The predicted molar refractivity (Wildman–Crippen MR) is 48.7 cm³/mol. The topological polar surface area (TPSA) is 40.5 Å². The van der Waals surface area contributed by atoms with Crippen LogP contribution in [0.3, 0.4) is 0 Å². The van der Waals surface area contributed by atoms with Crippen LogP contribution >= 0.6 is 0 Å². The van der Waals surface area contributed by atoms with Crippen molar-refractivity contribution in [3.8, 4) is 0 Å². The van der Waals surface area contributed by atoms with Crippen molar-refractivity contribution in [1.29, 1.82) is 0 Å². The lowest BCUT2D eigenvalue weighted by atomic mass is 9.74. The lowest BCUT2D eigenvalue weighted by Crippen LogP contribution is -2.39. The lowest BCUT2D eigenvalue weighted by Gasteiger charge is -2.36. The fraction of sp³-hybridized carbons (Fsp3) is 1.00. The summed E-state index contributed by atoms with van der Waals surface area (Å²) < 4.78 is 0. The maximum Gasteiger partial charge on any atom is 0.0593 e. The Bertz CT molecular complexity index is 133. The van der Waals surface area contributed by atoms with Gasteiger partial charge < -0.3 is 10.2 Å². The largest absolute Gasteiger partial charge is 0.393 e. The average Bonchev–Trinajstić information content (AvgIpc) is 1.99. The Labute approximate surface area is 74.6 Å². The Morgan fingerprint density at radius 3 is 1.83 bits per heavy atom. The van der Waals surface area contributed by atoms with E-state index in [9.17, 15) is 10.2 Å². The van der Waals surface area contributed by atoms with Crippen LogP contribution in [0.4, 0.5) is 0 Å². The van der Waals surface area contributed by atoms with Crippen LogP contribution in [0.25, 0.3) is 0 Å². The second-order valence-corrected chi connectivity index (χ2v) is 4.47. The first kappa shape index (κ1) is 10.0. The van der Waals surface area contributed by atoms with Crippen LogP contribution in [-0.4, -0.2) is 22.4 Å². The maximum atomic E-state index is 9.61. The second kappa shape index (κ2) is 3.75. The molecule has 72 valence electrons. The number of aliphatic hydroxyl groups excluding tert-OH is 2. The number of aliphatic hydroxyl groups is 2. The molecule has 2 heteroatoms. The summed E-state index contributed by atoms with van der Waals surface area (Å²) in [6.45, 7) is 6.23. The molecule has 0 aromatic heterocycles. The molecule has 0 saturated heterocycles. The summed E-state index contributed by atoms with van der Waals surface area (Å²) in [5.41, 5.74) is 0. The van der Waals surface area contributed by atoms with Gasteiger partial charge in [0.1, 0.15) is 0 Å². The lowest BCUT2D eigenvalue weighted by molar-refractivity contribution is -0.0453. The fourth-order valence-corrected chi connectivity index (χ4v) is 1.95. The zero-order valence-electron chi connectivity index (χ0n) is 8.20.